The summed E-state index contributed by atoms with van der Waals surface area (Å²) in [6.07, 6.45) is 0. The number of rotatable bonds is 3. The molecule has 138 valence electrons. The Labute approximate surface area is 154 Å². The molecule has 2 heterocycles. The molecule has 2 aliphatic rings. The van der Waals surface area contributed by atoms with Crippen LogP contribution < -0.4 is 14.4 Å². The fourth-order valence-electron chi connectivity index (χ4n) is 3.27. The van der Waals surface area contributed by atoms with Crippen molar-refractivity contribution in [1.29, 1.82) is 0 Å². The quantitative estimate of drug-likeness (QED) is 0.825. The molecule has 1 fully saturated rings. The summed E-state index contributed by atoms with van der Waals surface area (Å²) in [6, 6.07) is 12.9. The van der Waals surface area contributed by atoms with Crippen LogP contribution in [0.5, 0.6) is 11.5 Å². The third kappa shape index (κ3) is 3.24. The molecule has 2 aromatic rings. The van der Waals surface area contributed by atoms with Crippen molar-refractivity contribution in [3.05, 3.63) is 48.0 Å². The number of ether oxygens (including phenoxy) is 2. The first-order valence-electron chi connectivity index (χ1n) is 8.75. The van der Waals surface area contributed by atoms with Crippen molar-refractivity contribution in [3.8, 4) is 11.5 Å². The number of nitrogens with zero attached hydrogens (tertiary/aromatic N) is 2. The van der Waals surface area contributed by atoms with Gasteiger partial charge in [-0.1, -0.05) is 17.7 Å². The van der Waals surface area contributed by atoms with Crippen LogP contribution in [0.1, 0.15) is 5.56 Å². The molecule has 0 aromatic heterocycles. The molecule has 2 aromatic carbocycles. The summed E-state index contributed by atoms with van der Waals surface area (Å²) in [5.41, 5.74) is 2.08. The Morgan fingerprint density at radius 1 is 0.846 bits per heavy atom. The van der Waals surface area contributed by atoms with E-state index in [0.717, 1.165) is 22.7 Å². The zero-order valence-electron chi connectivity index (χ0n) is 14.7. The molecule has 0 atom stereocenters. The van der Waals surface area contributed by atoms with Crippen LogP contribution in [-0.4, -0.2) is 52.1 Å². The predicted octanol–water partition coefficient (Wildman–Crippen LogP) is 2.28. The van der Waals surface area contributed by atoms with Crippen LogP contribution in [0.15, 0.2) is 47.4 Å². The summed E-state index contributed by atoms with van der Waals surface area (Å²) in [5.74, 6) is 1.52. The van der Waals surface area contributed by atoms with Gasteiger partial charge in [-0.05, 0) is 31.2 Å². The molecule has 4 rings (SSSR count). The minimum absolute atomic E-state index is 0.357. The molecule has 0 bridgehead atoms. The number of sulfonamides is 1. The molecular formula is C19H22N2O4S. The molecule has 0 spiro atoms. The molecule has 6 nitrogen and oxygen atoms in total. The largest absolute Gasteiger partial charge is 0.486 e. The molecule has 0 saturated carbocycles. The van der Waals surface area contributed by atoms with Gasteiger partial charge in [0, 0.05) is 37.9 Å². The van der Waals surface area contributed by atoms with E-state index in [1.807, 2.05) is 37.3 Å². The first kappa shape index (κ1) is 17.2. The fraction of sp³-hybridized carbons (Fsp3) is 0.368. The highest BCUT2D eigenvalue weighted by Crippen LogP contribution is 2.34. The van der Waals surface area contributed by atoms with Crippen LogP contribution in [-0.2, 0) is 10.0 Å². The van der Waals surface area contributed by atoms with Crippen molar-refractivity contribution in [1.82, 2.24) is 4.31 Å². The molecule has 1 saturated heterocycles. The molecule has 0 N–H and O–H groups in total. The van der Waals surface area contributed by atoms with Crippen LogP contribution in [0, 0.1) is 6.92 Å². The second-order valence-corrected chi connectivity index (χ2v) is 8.47. The van der Waals surface area contributed by atoms with Gasteiger partial charge in [-0.25, -0.2) is 8.42 Å². The molecular weight excluding hydrogens is 352 g/mol. The Morgan fingerprint density at radius 2 is 1.50 bits per heavy atom. The zero-order valence-corrected chi connectivity index (χ0v) is 15.5. The SMILES string of the molecule is Cc1ccc(S(=O)(=O)N2CCN(c3ccc4c(c3)OCCO4)CC2)cc1. The van der Waals surface area contributed by atoms with E-state index < -0.39 is 10.0 Å². The Kier molecular flexibility index (Phi) is 4.50. The zero-order chi connectivity index (χ0) is 18.1. The normalized spacial score (nSPS) is 18.0. The maximum absolute atomic E-state index is 12.8. The molecule has 2 aliphatic heterocycles. The standard InChI is InChI=1S/C19H22N2O4S/c1-15-2-5-17(6-3-15)26(22,23)21-10-8-20(9-11-21)16-4-7-18-19(14-16)25-13-12-24-18/h2-7,14H,8-13H2,1H3. The lowest BCUT2D eigenvalue weighted by atomic mass is 10.2. The summed E-state index contributed by atoms with van der Waals surface area (Å²) >= 11 is 0. The molecule has 7 heteroatoms. The summed E-state index contributed by atoms with van der Waals surface area (Å²) in [4.78, 5) is 2.54. The number of hydrogen-bond acceptors (Lipinski definition) is 5. The van der Waals surface area contributed by atoms with E-state index in [-0.39, 0.29) is 0 Å². The van der Waals surface area contributed by atoms with E-state index in [4.69, 9.17) is 9.47 Å². The Balaban J connectivity index is 1.46. The van der Waals surface area contributed by atoms with Gasteiger partial charge in [-0.3, -0.25) is 0 Å². The van der Waals surface area contributed by atoms with Crippen molar-refractivity contribution in [2.75, 3.05) is 44.3 Å². The van der Waals surface area contributed by atoms with Gasteiger partial charge in [0.05, 0.1) is 4.90 Å². The number of fused-ring (bicyclic) bond motifs is 1. The van der Waals surface area contributed by atoms with Gasteiger partial charge < -0.3 is 14.4 Å². The van der Waals surface area contributed by atoms with Crippen LogP contribution in [0.2, 0.25) is 0 Å². The average Bonchev–Trinajstić information content (AvgIpc) is 2.68. The number of piperazine rings is 1. The van der Waals surface area contributed by atoms with Crippen LogP contribution in [0.3, 0.4) is 0 Å². The summed E-state index contributed by atoms with van der Waals surface area (Å²) in [6.45, 7) is 5.29. The Hall–Kier alpha value is -2.25. The van der Waals surface area contributed by atoms with E-state index in [2.05, 4.69) is 4.90 Å². The van der Waals surface area contributed by atoms with Gasteiger partial charge in [0.25, 0.3) is 0 Å². The van der Waals surface area contributed by atoms with E-state index in [1.165, 1.54) is 0 Å². The van der Waals surface area contributed by atoms with Crippen molar-refractivity contribution in [2.24, 2.45) is 0 Å². The van der Waals surface area contributed by atoms with E-state index in [0.29, 0.717) is 44.3 Å². The number of aryl methyl sites for hydroxylation is 1. The van der Waals surface area contributed by atoms with Gasteiger partial charge in [0.1, 0.15) is 13.2 Å². The maximum Gasteiger partial charge on any atom is 0.243 e. The second kappa shape index (κ2) is 6.81. The third-order valence-electron chi connectivity index (χ3n) is 4.79. The van der Waals surface area contributed by atoms with Crippen molar-refractivity contribution >= 4 is 15.7 Å². The second-order valence-electron chi connectivity index (χ2n) is 6.53. The lowest BCUT2D eigenvalue weighted by Gasteiger charge is -2.35. The van der Waals surface area contributed by atoms with E-state index >= 15 is 0 Å². The van der Waals surface area contributed by atoms with Gasteiger partial charge in [0.15, 0.2) is 11.5 Å². The highest BCUT2D eigenvalue weighted by Gasteiger charge is 2.29. The monoisotopic (exact) mass is 374 g/mol. The Bertz CT molecular complexity index is 888. The number of anilines is 1. The van der Waals surface area contributed by atoms with Crippen molar-refractivity contribution < 1.29 is 17.9 Å². The number of benzene rings is 2. The van der Waals surface area contributed by atoms with Gasteiger partial charge >= 0.3 is 0 Å². The fourth-order valence-corrected chi connectivity index (χ4v) is 4.70. The Morgan fingerprint density at radius 3 is 2.19 bits per heavy atom. The molecule has 0 unspecified atom stereocenters. The lowest BCUT2D eigenvalue weighted by Crippen LogP contribution is -2.48. The molecule has 0 amide bonds. The lowest BCUT2D eigenvalue weighted by molar-refractivity contribution is 0.171. The molecule has 0 aliphatic carbocycles. The predicted molar refractivity (Wildman–Crippen MR) is 99.6 cm³/mol. The minimum Gasteiger partial charge on any atom is -0.486 e. The van der Waals surface area contributed by atoms with Crippen LogP contribution in [0.4, 0.5) is 5.69 Å². The molecule has 26 heavy (non-hydrogen) atoms. The van der Waals surface area contributed by atoms with Gasteiger partial charge in [-0.2, -0.15) is 4.31 Å². The summed E-state index contributed by atoms with van der Waals surface area (Å²) < 4.78 is 38.4. The van der Waals surface area contributed by atoms with Crippen LogP contribution >= 0.6 is 0 Å². The highest BCUT2D eigenvalue weighted by molar-refractivity contribution is 7.89. The summed E-state index contributed by atoms with van der Waals surface area (Å²) in [5, 5.41) is 0. The van der Waals surface area contributed by atoms with Gasteiger partial charge in [0.2, 0.25) is 10.0 Å². The highest BCUT2D eigenvalue weighted by atomic mass is 32.2. The minimum atomic E-state index is -3.44. The van der Waals surface area contributed by atoms with E-state index in [1.54, 1.807) is 16.4 Å². The third-order valence-corrected chi connectivity index (χ3v) is 6.70. The van der Waals surface area contributed by atoms with Crippen LogP contribution in [0.25, 0.3) is 0 Å². The van der Waals surface area contributed by atoms with Gasteiger partial charge in [-0.15, -0.1) is 0 Å². The smallest absolute Gasteiger partial charge is 0.243 e. The first-order valence-corrected chi connectivity index (χ1v) is 10.2. The molecule has 0 radical (unpaired) electrons. The average molecular weight is 374 g/mol. The topological polar surface area (TPSA) is 59.1 Å². The van der Waals surface area contributed by atoms with Crippen molar-refractivity contribution in [3.63, 3.8) is 0 Å². The van der Waals surface area contributed by atoms with Crippen molar-refractivity contribution in [2.45, 2.75) is 11.8 Å². The number of hydrogen-bond donors (Lipinski definition) is 0. The summed E-state index contributed by atoms with van der Waals surface area (Å²) in [7, 11) is -3.44. The maximum atomic E-state index is 12.8. The first-order chi connectivity index (χ1) is 12.5. The van der Waals surface area contributed by atoms with E-state index in [9.17, 15) is 8.42 Å².